The van der Waals surface area contributed by atoms with Crippen LogP contribution >= 0.6 is 15.9 Å². The zero-order valence-electron chi connectivity index (χ0n) is 17.3. The summed E-state index contributed by atoms with van der Waals surface area (Å²) in [4.78, 5) is 0. The lowest BCUT2D eigenvalue weighted by atomic mass is 9.83. The molecule has 0 aliphatic heterocycles. The van der Waals surface area contributed by atoms with Crippen molar-refractivity contribution in [3.8, 4) is 11.8 Å². The van der Waals surface area contributed by atoms with Crippen LogP contribution < -0.4 is 0 Å². The Morgan fingerprint density at radius 1 is 0.958 bits per heavy atom. The number of halogens is 1. The van der Waals surface area contributed by atoms with Crippen LogP contribution in [0.2, 0.25) is 0 Å². The van der Waals surface area contributed by atoms with Gasteiger partial charge in [-0.05, 0) is 50.9 Å². The molecule has 4 atom stereocenters. The van der Waals surface area contributed by atoms with Gasteiger partial charge in [0, 0.05) is 16.2 Å². The molecule has 140 valence electrons. The smallest absolute Gasteiger partial charge is 0.0380 e. The fourth-order valence-corrected chi connectivity index (χ4v) is 3.29. The molecule has 0 aromatic carbocycles. The molecule has 0 fully saturated rings. The van der Waals surface area contributed by atoms with Gasteiger partial charge in [0.1, 0.15) is 0 Å². The molecule has 0 saturated carbocycles. The highest BCUT2D eigenvalue weighted by atomic mass is 79.9. The van der Waals surface area contributed by atoms with E-state index in [1.807, 2.05) is 0 Å². The van der Waals surface area contributed by atoms with E-state index in [9.17, 15) is 0 Å². The first-order chi connectivity index (χ1) is 11.3. The van der Waals surface area contributed by atoms with E-state index in [1.54, 1.807) is 0 Å². The predicted octanol–water partition coefficient (Wildman–Crippen LogP) is 8.01. The van der Waals surface area contributed by atoms with Crippen LogP contribution in [-0.4, -0.2) is 4.32 Å². The SMILES string of the molecule is CCC(C#C[C@H](/C=C\C(C)C)CC)C(CC)CCCC(C)(Br)CC. The molecule has 0 aromatic rings. The molecule has 0 aromatic heterocycles. The minimum atomic E-state index is 0.313. The van der Waals surface area contributed by atoms with Crippen LogP contribution in [0.15, 0.2) is 12.2 Å². The third-order valence-electron chi connectivity index (χ3n) is 5.17. The van der Waals surface area contributed by atoms with E-state index in [2.05, 4.69) is 88.4 Å². The summed E-state index contributed by atoms with van der Waals surface area (Å²) in [5.41, 5.74) is 0. The first-order valence-corrected chi connectivity index (χ1v) is 11.0. The van der Waals surface area contributed by atoms with Crippen LogP contribution in [0.4, 0.5) is 0 Å². The van der Waals surface area contributed by atoms with Gasteiger partial charge in [0.05, 0.1) is 0 Å². The van der Waals surface area contributed by atoms with E-state index in [0.717, 1.165) is 12.3 Å². The van der Waals surface area contributed by atoms with Gasteiger partial charge in [0.25, 0.3) is 0 Å². The van der Waals surface area contributed by atoms with E-state index < -0.39 is 0 Å². The van der Waals surface area contributed by atoms with Gasteiger partial charge in [0.15, 0.2) is 0 Å². The standard InChI is InChI=1S/C23H41Br/c1-8-20(15-14-19(5)6)16-17-22(10-3)21(9-2)13-12-18-23(7,24)11-4/h14-15,19-22H,8-13,18H2,1-7H3/b15-14-/t20-,21?,22?,23?/m0/s1. The lowest BCUT2D eigenvalue weighted by Gasteiger charge is -2.24. The fourth-order valence-electron chi connectivity index (χ4n) is 3.01. The van der Waals surface area contributed by atoms with Crippen LogP contribution in [0.3, 0.4) is 0 Å². The highest BCUT2D eigenvalue weighted by Gasteiger charge is 2.20. The summed E-state index contributed by atoms with van der Waals surface area (Å²) in [5.74, 6) is 9.54. The second-order valence-corrected chi connectivity index (χ2v) is 9.69. The van der Waals surface area contributed by atoms with Gasteiger partial charge in [-0.2, -0.15) is 0 Å². The van der Waals surface area contributed by atoms with E-state index in [0.29, 0.717) is 22.1 Å². The fraction of sp³-hybridized carbons (Fsp3) is 0.826. The number of rotatable bonds is 11. The zero-order chi connectivity index (χ0) is 18.6. The first-order valence-electron chi connectivity index (χ1n) is 10.2. The quantitative estimate of drug-likeness (QED) is 0.188. The van der Waals surface area contributed by atoms with E-state index >= 15 is 0 Å². The summed E-state index contributed by atoms with van der Waals surface area (Å²) in [7, 11) is 0. The van der Waals surface area contributed by atoms with Gasteiger partial charge >= 0.3 is 0 Å². The van der Waals surface area contributed by atoms with Crippen molar-refractivity contribution in [2.75, 3.05) is 0 Å². The van der Waals surface area contributed by atoms with Crippen molar-refractivity contribution in [1.82, 2.24) is 0 Å². The molecule has 0 bridgehead atoms. The Balaban J connectivity index is 4.75. The zero-order valence-corrected chi connectivity index (χ0v) is 18.9. The number of hydrogen-bond acceptors (Lipinski definition) is 0. The summed E-state index contributed by atoms with van der Waals surface area (Å²) < 4.78 is 0.313. The van der Waals surface area contributed by atoms with Crippen molar-refractivity contribution in [2.45, 2.75) is 97.7 Å². The highest BCUT2D eigenvalue weighted by molar-refractivity contribution is 9.10. The summed E-state index contributed by atoms with van der Waals surface area (Å²) >= 11 is 3.86. The molecule has 0 aliphatic rings. The van der Waals surface area contributed by atoms with E-state index in [1.165, 1.54) is 38.5 Å². The molecule has 0 N–H and O–H groups in total. The van der Waals surface area contributed by atoms with Crippen molar-refractivity contribution in [2.24, 2.45) is 23.7 Å². The number of allylic oxidation sites excluding steroid dienone is 2. The van der Waals surface area contributed by atoms with Crippen molar-refractivity contribution in [3.05, 3.63) is 12.2 Å². The van der Waals surface area contributed by atoms with Crippen molar-refractivity contribution >= 4 is 15.9 Å². The molecule has 0 heterocycles. The summed E-state index contributed by atoms with van der Waals surface area (Å²) in [6.45, 7) is 15.9. The lowest BCUT2D eigenvalue weighted by Crippen LogP contribution is -2.16. The molecule has 0 radical (unpaired) electrons. The van der Waals surface area contributed by atoms with Gasteiger partial charge in [0.2, 0.25) is 0 Å². The van der Waals surface area contributed by atoms with Crippen LogP contribution in [0.1, 0.15) is 93.4 Å². The van der Waals surface area contributed by atoms with Crippen molar-refractivity contribution < 1.29 is 0 Å². The Labute approximate surface area is 161 Å². The van der Waals surface area contributed by atoms with Gasteiger partial charge < -0.3 is 0 Å². The minimum Gasteiger partial charge on any atom is -0.0990 e. The van der Waals surface area contributed by atoms with Crippen LogP contribution in [0.5, 0.6) is 0 Å². The molecule has 0 aliphatic carbocycles. The van der Waals surface area contributed by atoms with Gasteiger partial charge in [-0.1, -0.05) is 94.3 Å². The molecule has 24 heavy (non-hydrogen) atoms. The van der Waals surface area contributed by atoms with Crippen molar-refractivity contribution in [1.29, 1.82) is 0 Å². The van der Waals surface area contributed by atoms with Crippen molar-refractivity contribution in [3.63, 3.8) is 0 Å². The Kier molecular flexibility index (Phi) is 12.9. The number of hydrogen-bond donors (Lipinski definition) is 0. The first kappa shape index (κ1) is 23.8. The predicted molar refractivity (Wildman–Crippen MR) is 115 cm³/mol. The maximum absolute atomic E-state index is 3.86. The van der Waals surface area contributed by atoms with Gasteiger partial charge in [-0.3, -0.25) is 0 Å². The third kappa shape index (κ3) is 10.6. The molecule has 0 nitrogen and oxygen atoms in total. The Bertz CT molecular complexity index is 394. The Morgan fingerprint density at radius 3 is 2.08 bits per heavy atom. The second kappa shape index (κ2) is 13.0. The number of alkyl halides is 1. The Morgan fingerprint density at radius 2 is 1.62 bits per heavy atom. The van der Waals surface area contributed by atoms with Gasteiger partial charge in [-0.15, -0.1) is 0 Å². The molecule has 1 heteroatoms. The molecule has 0 amide bonds. The van der Waals surface area contributed by atoms with E-state index in [-0.39, 0.29) is 0 Å². The highest BCUT2D eigenvalue weighted by Crippen LogP contribution is 2.31. The summed E-state index contributed by atoms with van der Waals surface area (Å²) in [5, 5.41) is 0. The van der Waals surface area contributed by atoms with E-state index in [4.69, 9.17) is 0 Å². The average molecular weight is 397 g/mol. The normalized spacial score (nSPS) is 18.0. The molecular weight excluding hydrogens is 356 g/mol. The average Bonchev–Trinajstić information content (AvgIpc) is 2.55. The monoisotopic (exact) mass is 396 g/mol. The largest absolute Gasteiger partial charge is 0.0990 e. The minimum absolute atomic E-state index is 0.313. The Hall–Kier alpha value is -0.220. The van der Waals surface area contributed by atoms with Crippen LogP contribution in [0.25, 0.3) is 0 Å². The molecule has 3 unspecified atom stereocenters. The lowest BCUT2D eigenvalue weighted by molar-refractivity contribution is 0.340. The molecule has 0 spiro atoms. The molecule has 0 saturated heterocycles. The molecular formula is C23H41Br. The van der Waals surface area contributed by atoms with Crippen LogP contribution in [0, 0.1) is 35.5 Å². The molecule has 0 rings (SSSR count). The van der Waals surface area contributed by atoms with Crippen LogP contribution in [-0.2, 0) is 0 Å². The topological polar surface area (TPSA) is 0 Å². The summed E-state index contributed by atoms with van der Waals surface area (Å²) in [6, 6.07) is 0. The summed E-state index contributed by atoms with van der Waals surface area (Å²) in [6.07, 6.45) is 13.2. The maximum Gasteiger partial charge on any atom is 0.0380 e. The third-order valence-corrected chi connectivity index (χ3v) is 6.12. The maximum atomic E-state index is 3.86. The second-order valence-electron chi connectivity index (χ2n) is 7.77. The van der Waals surface area contributed by atoms with Gasteiger partial charge in [-0.25, -0.2) is 0 Å².